The summed E-state index contributed by atoms with van der Waals surface area (Å²) >= 11 is 0. The smallest absolute Gasteiger partial charge is 0.319 e. The molecule has 1 aliphatic carbocycles. The lowest BCUT2D eigenvalue weighted by molar-refractivity contribution is 0.251. The molecule has 1 fully saturated rings. The fourth-order valence-electron chi connectivity index (χ4n) is 2.32. The van der Waals surface area contributed by atoms with E-state index < -0.39 is 0 Å². The first-order chi connectivity index (χ1) is 10.7. The van der Waals surface area contributed by atoms with E-state index in [4.69, 9.17) is 0 Å². The molecule has 0 aromatic heterocycles. The number of aryl methyl sites for hydroxylation is 1. The molecule has 1 saturated carbocycles. The van der Waals surface area contributed by atoms with Crippen LogP contribution in [-0.4, -0.2) is 12.1 Å². The van der Waals surface area contributed by atoms with Crippen LogP contribution in [0.4, 0.5) is 21.9 Å². The van der Waals surface area contributed by atoms with E-state index in [9.17, 15) is 4.79 Å². The molecule has 0 aliphatic heterocycles. The number of carbonyl (C=O) groups excluding carboxylic acids is 1. The molecule has 3 rings (SSSR count). The van der Waals surface area contributed by atoms with Gasteiger partial charge in [0.05, 0.1) is 0 Å². The molecule has 0 radical (unpaired) electrons. The highest BCUT2D eigenvalue weighted by Crippen LogP contribution is 2.23. The molecule has 0 bridgehead atoms. The lowest BCUT2D eigenvalue weighted by Gasteiger charge is -2.12. The lowest BCUT2D eigenvalue weighted by atomic mass is 10.1. The van der Waals surface area contributed by atoms with Crippen LogP contribution in [0, 0.1) is 0 Å². The molecular weight excluding hydrogens is 274 g/mol. The van der Waals surface area contributed by atoms with Gasteiger partial charge in [0.2, 0.25) is 0 Å². The Morgan fingerprint density at radius 1 is 1.05 bits per heavy atom. The van der Waals surface area contributed by atoms with Crippen molar-refractivity contribution in [3.63, 3.8) is 0 Å². The van der Waals surface area contributed by atoms with Gasteiger partial charge in [0.15, 0.2) is 0 Å². The predicted octanol–water partition coefficient (Wildman–Crippen LogP) is 4.28. The van der Waals surface area contributed by atoms with Crippen LogP contribution in [0.25, 0.3) is 0 Å². The summed E-state index contributed by atoms with van der Waals surface area (Å²) in [4.78, 5) is 11.7. The van der Waals surface area contributed by atoms with Crippen molar-refractivity contribution in [2.45, 2.75) is 32.2 Å². The number of urea groups is 1. The molecule has 1 aliphatic rings. The van der Waals surface area contributed by atoms with Crippen LogP contribution in [0.1, 0.15) is 25.3 Å². The molecule has 22 heavy (non-hydrogen) atoms. The molecule has 0 atom stereocenters. The predicted molar refractivity (Wildman–Crippen MR) is 90.7 cm³/mol. The Kier molecular flexibility index (Phi) is 4.28. The molecule has 4 heteroatoms. The third kappa shape index (κ3) is 3.79. The fourth-order valence-corrected chi connectivity index (χ4v) is 2.32. The number of amides is 2. The first kappa shape index (κ1) is 14.4. The Bertz CT molecular complexity index is 648. The van der Waals surface area contributed by atoms with Crippen molar-refractivity contribution in [1.29, 1.82) is 0 Å². The molecule has 2 amide bonds. The van der Waals surface area contributed by atoms with Crippen molar-refractivity contribution in [1.82, 2.24) is 5.32 Å². The highest BCUT2D eigenvalue weighted by Gasteiger charge is 2.23. The van der Waals surface area contributed by atoms with Crippen LogP contribution in [0.15, 0.2) is 48.5 Å². The zero-order chi connectivity index (χ0) is 15.4. The average Bonchev–Trinajstić information content (AvgIpc) is 3.33. The fraction of sp³-hybridized carbons (Fsp3) is 0.278. The number of benzene rings is 2. The van der Waals surface area contributed by atoms with E-state index in [1.807, 2.05) is 30.3 Å². The van der Waals surface area contributed by atoms with Crippen LogP contribution < -0.4 is 16.0 Å². The minimum atomic E-state index is -0.125. The van der Waals surface area contributed by atoms with Gasteiger partial charge in [-0.1, -0.05) is 25.1 Å². The molecular formula is C18H21N3O. The molecule has 2 aromatic carbocycles. The van der Waals surface area contributed by atoms with Gasteiger partial charge < -0.3 is 16.0 Å². The lowest BCUT2D eigenvalue weighted by Crippen LogP contribution is -2.30. The second kappa shape index (κ2) is 6.52. The number of para-hydroxylation sites is 1. The van der Waals surface area contributed by atoms with Crippen LogP contribution in [0.2, 0.25) is 0 Å². The number of carbonyl (C=O) groups is 1. The Morgan fingerprint density at radius 3 is 2.41 bits per heavy atom. The van der Waals surface area contributed by atoms with E-state index in [0.29, 0.717) is 6.04 Å². The average molecular weight is 295 g/mol. The standard InChI is InChI=1S/C18H21N3O/c1-2-13-5-3-4-6-17(13)19-14-7-9-15(10-8-14)20-18(22)21-16-11-12-16/h3-10,16,19H,2,11-12H2,1H3,(H2,20,21,22). The molecule has 2 aromatic rings. The van der Waals surface area contributed by atoms with Crippen LogP contribution in [0.3, 0.4) is 0 Å². The summed E-state index contributed by atoms with van der Waals surface area (Å²) < 4.78 is 0. The second-order valence-electron chi connectivity index (χ2n) is 5.59. The molecule has 0 saturated heterocycles. The molecule has 0 heterocycles. The summed E-state index contributed by atoms with van der Waals surface area (Å²) in [6.07, 6.45) is 3.17. The van der Waals surface area contributed by atoms with Crippen LogP contribution in [0.5, 0.6) is 0 Å². The van der Waals surface area contributed by atoms with E-state index in [-0.39, 0.29) is 6.03 Å². The Hall–Kier alpha value is -2.49. The van der Waals surface area contributed by atoms with Gasteiger partial charge in [-0.25, -0.2) is 4.79 Å². The minimum Gasteiger partial charge on any atom is -0.355 e. The summed E-state index contributed by atoms with van der Waals surface area (Å²) in [5.74, 6) is 0. The molecule has 4 nitrogen and oxygen atoms in total. The van der Waals surface area contributed by atoms with Crippen molar-refractivity contribution < 1.29 is 4.79 Å². The Balaban J connectivity index is 1.62. The van der Waals surface area contributed by atoms with Crippen molar-refractivity contribution in [2.24, 2.45) is 0 Å². The summed E-state index contributed by atoms with van der Waals surface area (Å²) in [5, 5.41) is 9.17. The number of hydrogen-bond donors (Lipinski definition) is 3. The van der Waals surface area contributed by atoms with Gasteiger partial charge >= 0.3 is 6.03 Å². The Morgan fingerprint density at radius 2 is 1.73 bits per heavy atom. The van der Waals surface area contributed by atoms with Gasteiger partial charge in [-0.05, 0) is 55.2 Å². The first-order valence-electron chi connectivity index (χ1n) is 7.77. The van der Waals surface area contributed by atoms with E-state index in [2.05, 4.69) is 41.1 Å². The maximum atomic E-state index is 11.7. The largest absolute Gasteiger partial charge is 0.355 e. The SMILES string of the molecule is CCc1ccccc1Nc1ccc(NC(=O)NC2CC2)cc1. The third-order valence-electron chi connectivity index (χ3n) is 3.73. The highest BCUT2D eigenvalue weighted by molar-refractivity contribution is 5.89. The number of rotatable bonds is 5. The summed E-state index contributed by atoms with van der Waals surface area (Å²) in [6.45, 7) is 2.14. The van der Waals surface area contributed by atoms with Gasteiger partial charge in [-0.3, -0.25) is 0 Å². The molecule has 3 N–H and O–H groups in total. The third-order valence-corrected chi connectivity index (χ3v) is 3.73. The number of anilines is 3. The van der Waals surface area contributed by atoms with Crippen LogP contribution >= 0.6 is 0 Å². The second-order valence-corrected chi connectivity index (χ2v) is 5.59. The first-order valence-corrected chi connectivity index (χ1v) is 7.77. The molecule has 0 spiro atoms. The van der Waals surface area contributed by atoms with Crippen molar-refractivity contribution >= 4 is 23.1 Å². The van der Waals surface area contributed by atoms with Gasteiger partial charge in [0.1, 0.15) is 0 Å². The van der Waals surface area contributed by atoms with E-state index in [0.717, 1.165) is 36.3 Å². The normalized spacial score (nSPS) is 13.5. The zero-order valence-corrected chi connectivity index (χ0v) is 12.7. The van der Waals surface area contributed by atoms with Gasteiger partial charge in [0, 0.05) is 23.1 Å². The maximum Gasteiger partial charge on any atom is 0.319 e. The zero-order valence-electron chi connectivity index (χ0n) is 12.7. The molecule has 0 unspecified atom stereocenters. The van der Waals surface area contributed by atoms with E-state index >= 15 is 0 Å². The maximum absolute atomic E-state index is 11.7. The van der Waals surface area contributed by atoms with Crippen molar-refractivity contribution in [2.75, 3.05) is 10.6 Å². The Labute approximate surface area is 130 Å². The summed E-state index contributed by atoms with van der Waals surface area (Å²) in [7, 11) is 0. The van der Waals surface area contributed by atoms with E-state index in [1.54, 1.807) is 0 Å². The molecule has 114 valence electrons. The minimum absolute atomic E-state index is 0.125. The van der Waals surface area contributed by atoms with Gasteiger partial charge in [-0.2, -0.15) is 0 Å². The van der Waals surface area contributed by atoms with Crippen LogP contribution in [-0.2, 0) is 6.42 Å². The summed E-state index contributed by atoms with van der Waals surface area (Å²) in [6, 6.07) is 16.3. The topological polar surface area (TPSA) is 53.2 Å². The monoisotopic (exact) mass is 295 g/mol. The van der Waals surface area contributed by atoms with Crippen molar-refractivity contribution in [3.05, 3.63) is 54.1 Å². The highest BCUT2D eigenvalue weighted by atomic mass is 16.2. The van der Waals surface area contributed by atoms with Crippen molar-refractivity contribution in [3.8, 4) is 0 Å². The quantitative estimate of drug-likeness (QED) is 0.771. The summed E-state index contributed by atoms with van der Waals surface area (Å²) in [5.41, 5.74) is 4.22. The van der Waals surface area contributed by atoms with E-state index in [1.165, 1.54) is 5.56 Å². The number of hydrogen-bond acceptors (Lipinski definition) is 2. The van der Waals surface area contributed by atoms with Gasteiger partial charge in [0.25, 0.3) is 0 Å². The number of nitrogens with one attached hydrogen (secondary N) is 3. The van der Waals surface area contributed by atoms with Gasteiger partial charge in [-0.15, -0.1) is 0 Å².